The normalized spacial score (nSPS) is 11.0. The molecular weight excluding hydrogens is 379 g/mol. The first-order valence-electron chi connectivity index (χ1n) is 9.42. The zero-order chi connectivity index (χ0) is 20.9. The number of carbonyl (C=O) groups is 1. The number of halogens is 1. The molecule has 1 aromatic heterocycles. The standard InChI is InChI=1S/C25H19FN2O2/c1-30-24-10-6-5-9-22(24)23(29)16-13-19-17-28(21-7-3-2-4-8-21)27-25(19)18-11-14-20(26)15-12-18/h2-17H,1H3/b16-13+. The molecule has 0 aliphatic heterocycles. The monoisotopic (exact) mass is 398 g/mol. The van der Waals surface area contributed by atoms with E-state index < -0.39 is 0 Å². The number of para-hydroxylation sites is 2. The van der Waals surface area contributed by atoms with Gasteiger partial charge < -0.3 is 4.74 Å². The summed E-state index contributed by atoms with van der Waals surface area (Å²) in [6.45, 7) is 0. The van der Waals surface area contributed by atoms with Crippen molar-refractivity contribution in [1.29, 1.82) is 0 Å². The van der Waals surface area contributed by atoms with Crippen molar-refractivity contribution in [3.8, 4) is 22.7 Å². The first-order valence-corrected chi connectivity index (χ1v) is 9.42. The van der Waals surface area contributed by atoms with Gasteiger partial charge in [0.2, 0.25) is 0 Å². The summed E-state index contributed by atoms with van der Waals surface area (Å²) in [6, 6.07) is 22.9. The van der Waals surface area contributed by atoms with Crippen LogP contribution >= 0.6 is 0 Å². The molecule has 30 heavy (non-hydrogen) atoms. The highest BCUT2D eigenvalue weighted by Crippen LogP contribution is 2.26. The molecule has 148 valence electrons. The molecule has 0 radical (unpaired) electrons. The van der Waals surface area contributed by atoms with Crippen LogP contribution in [0, 0.1) is 5.82 Å². The van der Waals surface area contributed by atoms with E-state index in [0.717, 1.165) is 16.8 Å². The Morgan fingerprint density at radius 2 is 1.67 bits per heavy atom. The molecular formula is C25H19FN2O2. The van der Waals surface area contributed by atoms with Gasteiger partial charge in [0.05, 0.1) is 24.1 Å². The molecule has 3 aromatic carbocycles. The lowest BCUT2D eigenvalue weighted by atomic mass is 10.1. The fourth-order valence-electron chi connectivity index (χ4n) is 3.16. The van der Waals surface area contributed by atoms with Crippen molar-refractivity contribution >= 4 is 11.9 Å². The van der Waals surface area contributed by atoms with Crippen LogP contribution < -0.4 is 4.74 Å². The van der Waals surface area contributed by atoms with Gasteiger partial charge in [0.15, 0.2) is 5.78 Å². The Balaban J connectivity index is 1.74. The smallest absolute Gasteiger partial charge is 0.189 e. The largest absolute Gasteiger partial charge is 0.496 e. The molecule has 0 amide bonds. The third kappa shape index (κ3) is 4.05. The van der Waals surface area contributed by atoms with Crippen molar-refractivity contribution in [2.45, 2.75) is 0 Å². The average Bonchev–Trinajstić information content (AvgIpc) is 3.23. The summed E-state index contributed by atoms with van der Waals surface area (Å²) in [5.41, 5.74) is 3.53. The van der Waals surface area contributed by atoms with E-state index in [1.165, 1.54) is 25.3 Å². The lowest BCUT2D eigenvalue weighted by molar-refractivity contribution is 0.104. The predicted molar refractivity (Wildman–Crippen MR) is 115 cm³/mol. The van der Waals surface area contributed by atoms with Gasteiger partial charge in [-0.1, -0.05) is 30.3 Å². The number of benzene rings is 3. The second kappa shape index (κ2) is 8.57. The van der Waals surface area contributed by atoms with Crippen molar-refractivity contribution in [2.75, 3.05) is 7.11 Å². The molecule has 0 unspecified atom stereocenters. The molecule has 0 bridgehead atoms. The predicted octanol–water partition coefficient (Wildman–Crippen LogP) is 5.58. The summed E-state index contributed by atoms with van der Waals surface area (Å²) in [5.74, 6) is 0.0283. The van der Waals surface area contributed by atoms with Crippen molar-refractivity contribution in [3.63, 3.8) is 0 Å². The van der Waals surface area contributed by atoms with E-state index in [0.29, 0.717) is 17.0 Å². The van der Waals surface area contributed by atoms with E-state index in [4.69, 9.17) is 4.74 Å². The molecule has 0 saturated carbocycles. The molecule has 0 atom stereocenters. The van der Waals surface area contributed by atoms with Gasteiger partial charge in [0, 0.05) is 17.3 Å². The molecule has 1 heterocycles. The number of aromatic nitrogens is 2. The molecule has 5 heteroatoms. The third-order valence-electron chi connectivity index (χ3n) is 4.67. The van der Waals surface area contributed by atoms with Gasteiger partial charge in [0.1, 0.15) is 11.6 Å². The van der Waals surface area contributed by atoms with E-state index in [2.05, 4.69) is 5.10 Å². The van der Waals surface area contributed by atoms with Crippen LogP contribution in [0.3, 0.4) is 0 Å². The number of allylic oxidation sites excluding steroid dienone is 1. The maximum Gasteiger partial charge on any atom is 0.189 e. The fraction of sp³-hybridized carbons (Fsp3) is 0.0400. The Morgan fingerprint density at radius 3 is 2.40 bits per heavy atom. The van der Waals surface area contributed by atoms with E-state index in [9.17, 15) is 9.18 Å². The maximum atomic E-state index is 13.4. The molecule has 0 spiro atoms. The minimum absolute atomic E-state index is 0.176. The topological polar surface area (TPSA) is 44.1 Å². The number of ether oxygens (including phenoxy) is 1. The van der Waals surface area contributed by atoms with Crippen molar-refractivity contribution < 1.29 is 13.9 Å². The Bertz CT molecular complexity index is 1200. The summed E-state index contributed by atoms with van der Waals surface area (Å²) in [6.07, 6.45) is 5.07. The fourth-order valence-corrected chi connectivity index (χ4v) is 3.16. The molecule has 4 aromatic rings. The number of carbonyl (C=O) groups excluding carboxylic acids is 1. The minimum atomic E-state index is -0.315. The molecule has 0 N–H and O–H groups in total. The lowest BCUT2D eigenvalue weighted by Gasteiger charge is -2.04. The average molecular weight is 398 g/mol. The highest BCUT2D eigenvalue weighted by Gasteiger charge is 2.13. The summed E-state index contributed by atoms with van der Waals surface area (Å²) < 4.78 is 20.4. The molecule has 0 aliphatic carbocycles. The molecule has 0 aliphatic rings. The van der Waals surface area contributed by atoms with Crippen LogP contribution in [0.2, 0.25) is 0 Å². The van der Waals surface area contributed by atoms with Gasteiger partial charge in [-0.2, -0.15) is 5.10 Å². The van der Waals surface area contributed by atoms with Crippen LogP contribution in [0.1, 0.15) is 15.9 Å². The maximum absolute atomic E-state index is 13.4. The van der Waals surface area contributed by atoms with Gasteiger partial charge in [0.25, 0.3) is 0 Å². The van der Waals surface area contributed by atoms with Crippen LogP contribution in [0.15, 0.2) is 91.1 Å². The summed E-state index contributed by atoms with van der Waals surface area (Å²) in [4.78, 5) is 12.7. The summed E-state index contributed by atoms with van der Waals surface area (Å²) in [7, 11) is 1.53. The number of ketones is 1. The van der Waals surface area contributed by atoms with E-state index in [-0.39, 0.29) is 11.6 Å². The van der Waals surface area contributed by atoms with Crippen molar-refractivity contribution in [1.82, 2.24) is 9.78 Å². The third-order valence-corrected chi connectivity index (χ3v) is 4.67. The number of hydrogen-bond donors (Lipinski definition) is 0. The number of rotatable bonds is 6. The van der Waals surface area contributed by atoms with Crippen LogP contribution in [0.5, 0.6) is 5.75 Å². The second-order valence-corrected chi connectivity index (χ2v) is 6.62. The van der Waals surface area contributed by atoms with Gasteiger partial charge >= 0.3 is 0 Å². The van der Waals surface area contributed by atoms with Crippen LogP contribution in [-0.4, -0.2) is 22.7 Å². The van der Waals surface area contributed by atoms with Gasteiger partial charge in [-0.3, -0.25) is 4.79 Å². The summed E-state index contributed by atoms with van der Waals surface area (Å²) in [5, 5.41) is 4.67. The lowest BCUT2D eigenvalue weighted by Crippen LogP contribution is -1.98. The second-order valence-electron chi connectivity index (χ2n) is 6.62. The van der Waals surface area contributed by atoms with Gasteiger partial charge in [-0.25, -0.2) is 9.07 Å². The number of nitrogens with zero attached hydrogens (tertiary/aromatic N) is 2. The Hall–Kier alpha value is -3.99. The SMILES string of the molecule is COc1ccccc1C(=O)/C=C/c1cn(-c2ccccc2)nc1-c1ccc(F)cc1. The van der Waals surface area contributed by atoms with Crippen LogP contribution in [-0.2, 0) is 0 Å². The van der Waals surface area contributed by atoms with Crippen molar-refractivity contribution in [2.24, 2.45) is 0 Å². The zero-order valence-corrected chi connectivity index (χ0v) is 16.3. The van der Waals surface area contributed by atoms with Gasteiger partial charge in [-0.05, 0) is 60.7 Å². The highest BCUT2D eigenvalue weighted by atomic mass is 19.1. The molecule has 4 rings (SSSR count). The van der Waals surface area contributed by atoms with E-state index >= 15 is 0 Å². The quantitative estimate of drug-likeness (QED) is 0.314. The molecule has 0 fully saturated rings. The molecule has 4 nitrogen and oxygen atoms in total. The summed E-state index contributed by atoms with van der Waals surface area (Å²) >= 11 is 0. The first kappa shape index (κ1) is 19.3. The Labute approximate surface area is 173 Å². The highest BCUT2D eigenvalue weighted by molar-refractivity contribution is 6.08. The van der Waals surface area contributed by atoms with E-state index in [1.807, 2.05) is 42.6 Å². The molecule has 0 saturated heterocycles. The zero-order valence-electron chi connectivity index (χ0n) is 16.3. The number of hydrogen-bond acceptors (Lipinski definition) is 3. The number of methoxy groups -OCH3 is 1. The van der Waals surface area contributed by atoms with Crippen LogP contribution in [0.4, 0.5) is 4.39 Å². The first-order chi connectivity index (χ1) is 14.7. The Kier molecular flexibility index (Phi) is 5.52. The Morgan fingerprint density at radius 1 is 0.967 bits per heavy atom. The minimum Gasteiger partial charge on any atom is -0.496 e. The van der Waals surface area contributed by atoms with Gasteiger partial charge in [-0.15, -0.1) is 0 Å². The van der Waals surface area contributed by atoms with Crippen molar-refractivity contribution in [3.05, 3.63) is 108 Å². The van der Waals surface area contributed by atoms with E-state index in [1.54, 1.807) is 41.1 Å². The van der Waals surface area contributed by atoms with Crippen LogP contribution in [0.25, 0.3) is 23.0 Å².